The summed E-state index contributed by atoms with van der Waals surface area (Å²) in [6.45, 7) is 0. The Hall–Kier alpha value is -2.80. The lowest BCUT2D eigenvalue weighted by atomic mass is 10.3. The van der Waals surface area contributed by atoms with E-state index in [1.54, 1.807) is 29.8 Å². The molecule has 1 heterocycles. The number of thioether (sulfide) groups is 1. The predicted octanol–water partition coefficient (Wildman–Crippen LogP) is 3.25. The number of carbonyl (C=O) groups excluding carboxylic acids is 1. The summed E-state index contributed by atoms with van der Waals surface area (Å²) in [7, 11) is 1.61. The van der Waals surface area contributed by atoms with Crippen LogP contribution in [0.1, 0.15) is 10.5 Å². The van der Waals surface area contributed by atoms with Crippen molar-refractivity contribution >= 4 is 23.4 Å². The molecule has 1 aromatic heterocycles. The van der Waals surface area contributed by atoms with E-state index < -0.39 is 0 Å². The van der Waals surface area contributed by atoms with Crippen LogP contribution in [0.3, 0.4) is 0 Å². The SMILES string of the molecule is COc1ccc(-n2cc(C(=O)Nc3ccc(SC)cc3)nn2)cc1. The number of anilines is 1. The molecule has 0 atom stereocenters. The highest BCUT2D eigenvalue weighted by atomic mass is 32.2. The molecule has 0 radical (unpaired) electrons. The van der Waals surface area contributed by atoms with Crippen LogP contribution in [-0.4, -0.2) is 34.3 Å². The fourth-order valence-electron chi connectivity index (χ4n) is 2.10. The molecule has 0 aliphatic carbocycles. The van der Waals surface area contributed by atoms with Crippen molar-refractivity contribution in [2.45, 2.75) is 4.90 Å². The average molecular weight is 340 g/mol. The Morgan fingerprint density at radius 2 is 1.83 bits per heavy atom. The van der Waals surface area contributed by atoms with Gasteiger partial charge in [0, 0.05) is 10.6 Å². The molecular weight excluding hydrogens is 324 g/mol. The molecule has 3 aromatic rings. The van der Waals surface area contributed by atoms with Crippen LogP contribution in [0.2, 0.25) is 0 Å². The molecule has 24 heavy (non-hydrogen) atoms. The van der Waals surface area contributed by atoms with Crippen LogP contribution in [0.5, 0.6) is 5.75 Å². The Balaban J connectivity index is 1.72. The second-order valence-electron chi connectivity index (χ2n) is 4.93. The van der Waals surface area contributed by atoms with Crippen LogP contribution < -0.4 is 10.1 Å². The van der Waals surface area contributed by atoms with E-state index in [1.165, 1.54) is 0 Å². The minimum atomic E-state index is -0.299. The number of benzene rings is 2. The zero-order valence-corrected chi connectivity index (χ0v) is 14.1. The van der Waals surface area contributed by atoms with Crippen LogP contribution in [0.15, 0.2) is 59.6 Å². The lowest BCUT2D eigenvalue weighted by molar-refractivity contribution is 0.102. The zero-order valence-electron chi connectivity index (χ0n) is 13.3. The molecule has 1 N–H and O–H groups in total. The van der Waals surface area contributed by atoms with Crippen molar-refractivity contribution < 1.29 is 9.53 Å². The molecule has 122 valence electrons. The summed E-state index contributed by atoms with van der Waals surface area (Å²) in [6.07, 6.45) is 3.60. The van der Waals surface area contributed by atoms with E-state index in [9.17, 15) is 4.79 Å². The number of rotatable bonds is 5. The van der Waals surface area contributed by atoms with Crippen LogP contribution in [0.4, 0.5) is 5.69 Å². The number of nitrogens with zero attached hydrogens (tertiary/aromatic N) is 3. The van der Waals surface area contributed by atoms with Crippen molar-refractivity contribution in [3.05, 3.63) is 60.4 Å². The van der Waals surface area contributed by atoms with Gasteiger partial charge < -0.3 is 10.1 Å². The van der Waals surface area contributed by atoms with Crippen molar-refractivity contribution in [1.29, 1.82) is 0 Å². The van der Waals surface area contributed by atoms with Crippen LogP contribution >= 0.6 is 11.8 Å². The standard InChI is InChI=1S/C17H16N4O2S/c1-23-14-7-5-13(6-8-14)21-11-16(19-20-21)17(22)18-12-3-9-15(24-2)10-4-12/h3-11H,1-2H3,(H,18,22). The number of methoxy groups -OCH3 is 1. The first-order chi connectivity index (χ1) is 11.7. The third kappa shape index (κ3) is 3.57. The summed E-state index contributed by atoms with van der Waals surface area (Å²) in [6, 6.07) is 15.0. The van der Waals surface area contributed by atoms with Gasteiger partial charge in [-0.2, -0.15) is 0 Å². The molecule has 1 amide bonds. The van der Waals surface area contributed by atoms with Crippen molar-refractivity contribution in [1.82, 2.24) is 15.0 Å². The number of hydrogen-bond donors (Lipinski definition) is 1. The van der Waals surface area contributed by atoms with Crippen molar-refractivity contribution in [3.63, 3.8) is 0 Å². The molecule has 0 fully saturated rings. The van der Waals surface area contributed by atoms with Gasteiger partial charge in [-0.1, -0.05) is 5.21 Å². The third-order valence-electron chi connectivity index (χ3n) is 3.41. The molecule has 0 aliphatic rings. The molecule has 7 heteroatoms. The van der Waals surface area contributed by atoms with E-state index in [2.05, 4.69) is 15.6 Å². The highest BCUT2D eigenvalue weighted by molar-refractivity contribution is 7.98. The number of aromatic nitrogens is 3. The van der Waals surface area contributed by atoms with Gasteiger partial charge in [-0.05, 0) is 54.8 Å². The van der Waals surface area contributed by atoms with Crippen molar-refractivity contribution in [2.24, 2.45) is 0 Å². The summed E-state index contributed by atoms with van der Waals surface area (Å²) in [5.41, 5.74) is 1.77. The molecular formula is C17H16N4O2S. The molecule has 2 aromatic carbocycles. The van der Waals surface area contributed by atoms with E-state index in [0.717, 1.165) is 22.0 Å². The first-order valence-electron chi connectivity index (χ1n) is 7.22. The highest BCUT2D eigenvalue weighted by Gasteiger charge is 2.12. The van der Waals surface area contributed by atoms with E-state index in [4.69, 9.17) is 4.74 Å². The Kier molecular flexibility index (Phi) is 4.81. The monoisotopic (exact) mass is 340 g/mol. The number of amides is 1. The maximum atomic E-state index is 12.3. The number of ether oxygens (including phenoxy) is 1. The van der Waals surface area contributed by atoms with Crippen LogP contribution in [0, 0.1) is 0 Å². The maximum absolute atomic E-state index is 12.3. The molecule has 3 rings (SSSR count). The van der Waals surface area contributed by atoms with Gasteiger partial charge in [0.2, 0.25) is 0 Å². The molecule has 6 nitrogen and oxygen atoms in total. The zero-order chi connectivity index (χ0) is 16.9. The van der Waals surface area contributed by atoms with Crippen LogP contribution in [0.25, 0.3) is 5.69 Å². The topological polar surface area (TPSA) is 69.0 Å². The summed E-state index contributed by atoms with van der Waals surface area (Å²) >= 11 is 1.65. The summed E-state index contributed by atoms with van der Waals surface area (Å²) in [5.74, 6) is 0.456. The summed E-state index contributed by atoms with van der Waals surface area (Å²) in [4.78, 5) is 13.4. The average Bonchev–Trinajstić information content (AvgIpc) is 3.13. The fourth-order valence-corrected chi connectivity index (χ4v) is 2.51. The number of carbonyl (C=O) groups is 1. The van der Waals surface area contributed by atoms with E-state index in [-0.39, 0.29) is 11.6 Å². The van der Waals surface area contributed by atoms with Gasteiger partial charge in [0.1, 0.15) is 5.75 Å². The molecule has 0 saturated heterocycles. The van der Waals surface area contributed by atoms with E-state index in [0.29, 0.717) is 0 Å². The molecule has 0 spiro atoms. The van der Waals surface area contributed by atoms with Crippen molar-refractivity contribution in [2.75, 3.05) is 18.7 Å². The minimum absolute atomic E-state index is 0.250. The van der Waals surface area contributed by atoms with Gasteiger partial charge in [-0.15, -0.1) is 16.9 Å². The molecule has 0 aliphatic heterocycles. The quantitative estimate of drug-likeness (QED) is 0.722. The maximum Gasteiger partial charge on any atom is 0.277 e. The van der Waals surface area contributed by atoms with Crippen molar-refractivity contribution in [3.8, 4) is 11.4 Å². The highest BCUT2D eigenvalue weighted by Crippen LogP contribution is 2.18. The van der Waals surface area contributed by atoms with E-state index >= 15 is 0 Å². The Morgan fingerprint density at radius 3 is 2.46 bits per heavy atom. The summed E-state index contributed by atoms with van der Waals surface area (Å²) < 4.78 is 6.67. The lowest BCUT2D eigenvalue weighted by Crippen LogP contribution is -2.12. The second-order valence-corrected chi connectivity index (χ2v) is 5.81. The van der Waals surface area contributed by atoms with Gasteiger partial charge in [0.05, 0.1) is 19.0 Å². The van der Waals surface area contributed by atoms with Gasteiger partial charge in [-0.3, -0.25) is 4.79 Å². The summed E-state index contributed by atoms with van der Waals surface area (Å²) in [5, 5.41) is 10.7. The first-order valence-corrected chi connectivity index (χ1v) is 8.44. The second kappa shape index (κ2) is 7.18. The van der Waals surface area contributed by atoms with E-state index in [1.807, 2.05) is 54.8 Å². The third-order valence-corrected chi connectivity index (χ3v) is 4.15. The predicted molar refractivity (Wildman–Crippen MR) is 94.1 cm³/mol. The smallest absolute Gasteiger partial charge is 0.277 e. The minimum Gasteiger partial charge on any atom is -0.497 e. The van der Waals surface area contributed by atoms with Gasteiger partial charge in [-0.25, -0.2) is 4.68 Å². The largest absolute Gasteiger partial charge is 0.497 e. The Labute approximate surface area is 143 Å². The van der Waals surface area contributed by atoms with Gasteiger partial charge in [0.15, 0.2) is 5.69 Å². The number of hydrogen-bond acceptors (Lipinski definition) is 5. The Morgan fingerprint density at radius 1 is 1.12 bits per heavy atom. The molecule has 0 saturated carbocycles. The van der Waals surface area contributed by atoms with Crippen LogP contribution in [-0.2, 0) is 0 Å². The fraction of sp³-hybridized carbons (Fsp3) is 0.118. The molecule has 0 bridgehead atoms. The lowest BCUT2D eigenvalue weighted by Gasteiger charge is -2.03. The van der Waals surface area contributed by atoms with Gasteiger partial charge in [0.25, 0.3) is 5.91 Å². The first kappa shape index (κ1) is 16.1. The van der Waals surface area contributed by atoms with Gasteiger partial charge >= 0.3 is 0 Å². The molecule has 0 unspecified atom stereocenters. The Bertz CT molecular complexity index is 829. The number of nitrogens with one attached hydrogen (secondary N) is 1. The normalized spacial score (nSPS) is 10.4.